The van der Waals surface area contributed by atoms with Gasteiger partial charge in [0.15, 0.2) is 22.0 Å². The first-order valence-corrected chi connectivity index (χ1v) is 12.8. The number of allylic oxidation sites excluding steroid dienone is 1. The van der Waals surface area contributed by atoms with E-state index in [0.717, 1.165) is 15.9 Å². The van der Waals surface area contributed by atoms with E-state index in [1.807, 2.05) is 0 Å². The van der Waals surface area contributed by atoms with Crippen LogP contribution < -0.4 is 24.4 Å². The van der Waals surface area contributed by atoms with Gasteiger partial charge in [0.2, 0.25) is 0 Å². The van der Waals surface area contributed by atoms with Crippen molar-refractivity contribution in [1.82, 2.24) is 4.57 Å². The molecule has 1 aliphatic heterocycles. The first-order valence-electron chi connectivity index (χ1n) is 11.6. The van der Waals surface area contributed by atoms with Gasteiger partial charge in [-0.3, -0.25) is 9.36 Å². The Bertz CT molecular complexity index is 1620. The van der Waals surface area contributed by atoms with Crippen LogP contribution in [0.25, 0.3) is 6.08 Å². The Morgan fingerprint density at radius 2 is 1.92 bits per heavy atom. The van der Waals surface area contributed by atoms with Gasteiger partial charge in [-0.1, -0.05) is 53.8 Å². The lowest BCUT2D eigenvalue weighted by atomic mass is 9.95. The van der Waals surface area contributed by atoms with Crippen LogP contribution >= 0.6 is 22.9 Å². The summed E-state index contributed by atoms with van der Waals surface area (Å²) in [6.45, 7) is 5.16. The van der Waals surface area contributed by atoms with Gasteiger partial charge in [-0.2, -0.15) is 13.2 Å². The van der Waals surface area contributed by atoms with E-state index >= 15 is 0 Å². The molecule has 0 bridgehead atoms. The Hall–Kier alpha value is -3.83. The molecule has 2 heterocycles. The maximum atomic E-state index is 14.2. The van der Waals surface area contributed by atoms with Crippen molar-refractivity contribution in [2.45, 2.75) is 19.1 Å². The first kappa shape index (κ1) is 28.2. The molecule has 7 nitrogen and oxygen atoms in total. The average Bonchev–Trinajstić information content (AvgIpc) is 3.21. The predicted octanol–water partition coefficient (Wildman–Crippen LogP) is 4.57. The lowest BCUT2D eigenvalue weighted by Gasteiger charge is -2.26. The molecule has 2 aromatic carbocycles. The van der Waals surface area contributed by atoms with E-state index in [2.05, 4.69) is 11.6 Å². The quantitative estimate of drug-likeness (QED) is 0.289. The summed E-state index contributed by atoms with van der Waals surface area (Å²) in [7, 11) is 1.45. The van der Waals surface area contributed by atoms with Crippen LogP contribution in [-0.2, 0) is 9.53 Å². The summed E-state index contributed by atoms with van der Waals surface area (Å²) >= 11 is 6.76. The van der Waals surface area contributed by atoms with E-state index in [9.17, 15) is 22.8 Å². The number of alkyl halides is 3. The zero-order valence-electron chi connectivity index (χ0n) is 20.8. The molecule has 1 aliphatic rings. The van der Waals surface area contributed by atoms with Crippen molar-refractivity contribution < 1.29 is 32.2 Å². The van der Waals surface area contributed by atoms with Gasteiger partial charge in [0.05, 0.1) is 29.9 Å². The summed E-state index contributed by atoms with van der Waals surface area (Å²) in [6, 6.07) is 9.32. The highest BCUT2D eigenvalue weighted by atomic mass is 35.5. The number of carbonyl (C=O) groups excluding carboxylic acids is 1. The van der Waals surface area contributed by atoms with Crippen molar-refractivity contribution in [2.24, 2.45) is 4.99 Å². The second-order valence-electron chi connectivity index (χ2n) is 8.12. The maximum Gasteiger partial charge on any atom is 0.434 e. The first-order chi connectivity index (χ1) is 18.6. The Balaban J connectivity index is 1.96. The summed E-state index contributed by atoms with van der Waals surface area (Å²) in [6.07, 6.45) is -1.91. The molecule has 0 unspecified atom stereocenters. The van der Waals surface area contributed by atoms with Gasteiger partial charge in [-0.15, -0.1) is 0 Å². The van der Waals surface area contributed by atoms with E-state index in [-0.39, 0.29) is 28.1 Å². The summed E-state index contributed by atoms with van der Waals surface area (Å²) in [5.74, 6) is -0.378. The lowest BCUT2D eigenvalue weighted by molar-refractivity contribution is -0.140. The Labute approximate surface area is 229 Å². The van der Waals surface area contributed by atoms with Crippen molar-refractivity contribution in [3.63, 3.8) is 0 Å². The molecule has 0 saturated carbocycles. The van der Waals surface area contributed by atoms with Gasteiger partial charge < -0.3 is 14.2 Å². The molecule has 0 spiro atoms. The van der Waals surface area contributed by atoms with Gasteiger partial charge in [-0.25, -0.2) is 9.79 Å². The van der Waals surface area contributed by atoms with Crippen molar-refractivity contribution >= 4 is 35.0 Å². The highest BCUT2D eigenvalue weighted by Gasteiger charge is 2.45. The van der Waals surface area contributed by atoms with E-state index in [1.165, 1.54) is 44.4 Å². The Morgan fingerprint density at radius 1 is 1.21 bits per heavy atom. The second-order valence-corrected chi connectivity index (χ2v) is 9.57. The third-order valence-corrected chi connectivity index (χ3v) is 6.86. The number of aromatic nitrogens is 1. The number of nitrogens with zero attached hydrogens (tertiary/aromatic N) is 2. The molecule has 39 heavy (non-hydrogen) atoms. The lowest BCUT2D eigenvalue weighted by Crippen LogP contribution is -2.41. The third kappa shape index (κ3) is 5.79. The molecule has 204 valence electrons. The predicted molar refractivity (Wildman–Crippen MR) is 141 cm³/mol. The maximum absolute atomic E-state index is 14.2. The standard InChI is InChI=1S/C27H22ClF3N2O5S/c1-4-12-38-18-11-6-15(13-19(18)36-3)14-20-24(34)33-22(16-7-9-17(28)10-8-16)21(25(35)37-5-2)23(27(29,30)31)32-26(33)39-20/h4,6-11,13-14,22H,1,5,12H2,2-3H3/b20-14-/t22-/m0/s1. The molecule has 0 aliphatic carbocycles. The normalized spacial score (nSPS) is 15.4. The summed E-state index contributed by atoms with van der Waals surface area (Å²) in [5, 5.41) is 0.332. The number of hydrogen-bond acceptors (Lipinski definition) is 7. The SMILES string of the molecule is C=CCOc1ccc(/C=c2\sc3n(c2=O)[C@@H](c2ccc(Cl)cc2)C(C(=O)OCC)=C(C(F)(F)F)N=3)cc1OC. The van der Waals surface area contributed by atoms with Gasteiger partial charge in [0.25, 0.3) is 5.56 Å². The average molecular weight is 579 g/mol. The van der Waals surface area contributed by atoms with Crippen LogP contribution in [0, 0.1) is 0 Å². The molecule has 3 aromatic rings. The molecular formula is C27H22ClF3N2O5S. The van der Waals surface area contributed by atoms with Crippen LogP contribution in [0.15, 0.2) is 76.2 Å². The number of benzene rings is 2. The number of rotatable bonds is 8. The van der Waals surface area contributed by atoms with Crippen LogP contribution in [0.3, 0.4) is 0 Å². The molecule has 0 N–H and O–H groups in total. The van der Waals surface area contributed by atoms with Gasteiger partial charge in [0.1, 0.15) is 6.61 Å². The minimum atomic E-state index is -4.99. The van der Waals surface area contributed by atoms with E-state index in [4.69, 9.17) is 25.8 Å². The fourth-order valence-electron chi connectivity index (χ4n) is 3.99. The summed E-state index contributed by atoms with van der Waals surface area (Å²) in [4.78, 5) is 30.0. The third-order valence-electron chi connectivity index (χ3n) is 5.62. The van der Waals surface area contributed by atoms with Crippen LogP contribution in [0.2, 0.25) is 5.02 Å². The molecule has 1 atom stereocenters. The van der Waals surface area contributed by atoms with Crippen LogP contribution in [0.1, 0.15) is 24.1 Å². The molecule has 0 saturated heterocycles. The molecule has 12 heteroatoms. The number of esters is 1. The van der Waals surface area contributed by atoms with E-state index < -0.39 is 35.0 Å². The summed E-state index contributed by atoms with van der Waals surface area (Å²) in [5.41, 5.74) is -2.06. The van der Waals surface area contributed by atoms with Crippen LogP contribution in [0.4, 0.5) is 13.2 Å². The molecule has 0 radical (unpaired) electrons. The largest absolute Gasteiger partial charge is 0.493 e. The van der Waals surface area contributed by atoms with Crippen LogP contribution in [-0.4, -0.2) is 37.0 Å². The number of methoxy groups -OCH3 is 1. The fourth-order valence-corrected chi connectivity index (χ4v) is 5.12. The van der Waals surface area contributed by atoms with Crippen molar-refractivity contribution in [3.8, 4) is 11.5 Å². The smallest absolute Gasteiger partial charge is 0.434 e. The molecule has 1 aromatic heterocycles. The Morgan fingerprint density at radius 3 is 2.54 bits per heavy atom. The number of ether oxygens (including phenoxy) is 3. The van der Waals surface area contributed by atoms with Gasteiger partial charge in [0, 0.05) is 5.02 Å². The number of halogens is 4. The minimum Gasteiger partial charge on any atom is -0.493 e. The van der Waals surface area contributed by atoms with Crippen molar-refractivity contribution in [3.05, 3.63) is 102 Å². The van der Waals surface area contributed by atoms with Crippen molar-refractivity contribution in [1.29, 1.82) is 0 Å². The molecule has 4 rings (SSSR count). The van der Waals surface area contributed by atoms with Crippen molar-refractivity contribution in [2.75, 3.05) is 20.3 Å². The monoisotopic (exact) mass is 578 g/mol. The number of carbonyl (C=O) groups is 1. The number of hydrogen-bond donors (Lipinski definition) is 0. The second kappa shape index (κ2) is 11.5. The fraction of sp³-hybridized carbons (Fsp3) is 0.222. The van der Waals surface area contributed by atoms with E-state index in [0.29, 0.717) is 22.1 Å². The van der Waals surface area contributed by atoms with Gasteiger partial charge >= 0.3 is 12.1 Å². The minimum absolute atomic E-state index is 0.0983. The highest BCUT2D eigenvalue weighted by molar-refractivity contribution is 7.07. The van der Waals surface area contributed by atoms with Crippen LogP contribution in [0.5, 0.6) is 11.5 Å². The number of thiazole rings is 1. The molecular weight excluding hydrogens is 557 g/mol. The zero-order valence-corrected chi connectivity index (χ0v) is 22.3. The Kier molecular flexibility index (Phi) is 8.31. The zero-order chi connectivity index (χ0) is 28.3. The molecule has 0 fully saturated rings. The topological polar surface area (TPSA) is 79.1 Å². The summed E-state index contributed by atoms with van der Waals surface area (Å²) < 4.78 is 59.6. The van der Waals surface area contributed by atoms with Gasteiger partial charge in [-0.05, 0) is 48.4 Å². The number of fused-ring (bicyclic) bond motifs is 1. The highest BCUT2D eigenvalue weighted by Crippen LogP contribution is 2.38. The molecule has 0 amide bonds. The van der Waals surface area contributed by atoms with E-state index in [1.54, 1.807) is 24.3 Å².